The molecule has 4 nitrogen and oxygen atoms in total. The number of hydrogen-bond donors (Lipinski definition) is 2. The molecule has 2 N–H and O–H groups in total. The molecule has 0 aromatic heterocycles. The standard InChI is InChI=1S/C15H28N2O2/c1-3-9-16-15(2,14(18)19)8-10-17(13-6-7-13)11-12-4-5-12/h12-13,16H,3-11H2,1-2H3,(H,18,19). The first-order valence-corrected chi connectivity index (χ1v) is 7.77. The van der Waals surface area contributed by atoms with Gasteiger partial charge < -0.3 is 15.3 Å². The molecule has 2 aliphatic rings. The van der Waals surface area contributed by atoms with Crippen molar-refractivity contribution in [1.29, 1.82) is 0 Å². The fourth-order valence-electron chi connectivity index (χ4n) is 2.53. The first-order valence-electron chi connectivity index (χ1n) is 7.77. The molecule has 1 unspecified atom stereocenters. The highest BCUT2D eigenvalue weighted by Crippen LogP contribution is 2.35. The van der Waals surface area contributed by atoms with Crippen molar-refractivity contribution < 1.29 is 9.90 Å². The van der Waals surface area contributed by atoms with Crippen molar-refractivity contribution >= 4 is 5.97 Å². The summed E-state index contributed by atoms with van der Waals surface area (Å²) in [5.41, 5.74) is -0.771. The van der Waals surface area contributed by atoms with E-state index in [0.29, 0.717) is 6.42 Å². The van der Waals surface area contributed by atoms with Gasteiger partial charge in [-0.1, -0.05) is 6.92 Å². The number of carboxylic acids is 1. The quantitative estimate of drug-likeness (QED) is 0.637. The van der Waals surface area contributed by atoms with E-state index in [9.17, 15) is 9.90 Å². The minimum absolute atomic E-state index is 0.700. The Labute approximate surface area is 116 Å². The van der Waals surface area contributed by atoms with Crippen LogP contribution < -0.4 is 5.32 Å². The molecule has 0 heterocycles. The van der Waals surface area contributed by atoms with E-state index < -0.39 is 11.5 Å². The largest absolute Gasteiger partial charge is 0.480 e. The maximum atomic E-state index is 11.5. The zero-order valence-electron chi connectivity index (χ0n) is 12.3. The molecule has 1 atom stereocenters. The summed E-state index contributed by atoms with van der Waals surface area (Å²) in [6, 6.07) is 0.741. The Morgan fingerprint density at radius 3 is 2.53 bits per heavy atom. The predicted octanol–water partition coefficient (Wildman–Crippen LogP) is 2.09. The Morgan fingerprint density at radius 2 is 2.05 bits per heavy atom. The Balaban J connectivity index is 1.82. The topological polar surface area (TPSA) is 52.6 Å². The van der Waals surface area contributed by atoms with Gasteiger partial charge in [0.25, 0.3) is 0 Å². The lowest BCUT2D eigenvalue weighted by Gasteiger charge is -2.30. The average molecular weight is 268 g/mol. The SMILES string of the molecule is CCCNC(C)(CCN(CC1CC1)C1CC1)C(=O)O. The molecule has 2 saturated carbocycles. The highest BCUT2D eigenvalue weighted by Gasteiger charge is 2.37. The minimum atomic E-state index is -0.771. The van der Waals surface area contributed by atoms with Gasteiger partial charge in [0.05, 0.1) is 0 Å². The van der Waals surface area contributed by atoms with E-state index in [1.165, 1.54) is 32.2 Å². The molecule has 0 aliphatic heterocycles. The molecule has 0 bridgehead atoms. The van der Waals surface area contributed by atoms with Crippen LogP contribution in [0.4, 0.5) is 0 Å². The van der Waals surface area contributed by atoms with E-state index in [4.69, 9.17) is 0 Å². The van der Waals surface area contributed by atoms with Crippen LogP contribution in [0.25, 0.3) is 0 Å². The van der Waals surface area contributed by atoms with Gasteiger partial charge in [-0.25, -0.2) is 0 Å². The van der Waals surface area contributed by atoms with Crippen molar-refractivity contribution in [3.8, 4) is 0 Å². The van der Waals surface area contributed by atoms with Crippen LogP contribution in [0.15, 0.2) is 0 Å². The summed E-state index contributed by atoms with van der Waals surface area (Å²) in [6.07, 6.45) is 7.02. The first-order chi connectivity index (χ1) is 9.05. The van der Waals surface area contributed by atoms with Gasteiger partial charge in [0.2, 0.25) is 0 Å². The molecule has 0 aromatic rings. The molecule has 0 aromatic carbocycles. The second-order valence-electron chi connectivity index (χ2n) is 6.48. The van der Waals surface area contributed by atoms with E-state index in [1.807, 2.05) is 6.92 Å². The number of carbonyl (C=O) groups is 1. The second-order valence-corrected chi connectivity index (χ2v) is 6.48. The van der Waals surface area contributed by atoms with E-state index in [0.717, 1.165) is 31.5 Å². The van der Waals surface area contributed by atoms with Crippen LogP contribution in [-0.2, 0) is 4.79 Å². The molecule has 2 fully saturated rings. The third-order valence-corrected chi connectivity index (χ3v) is 4.39. The summed E-state index contributed by atoms with van der Waals surface area (Å²) in [7, 11) is 0. The first kappa shape index (κ1) is 14.8. The third kappa shape index (κ3) is 4.46. The summed E-state index contributed by atoms with van der Waals surface area (Å²) in [6.45, 7) is 6.77. The van der Waals surface area contributed by atoms with Gasteiger partial charge in [-0.3, -0.25) is 4.79 Å². The fourth-order valence-corrected chi connectivity index (χ4v) is 2.53. The number of carboxylic acid groups (broad SMARTS) is 1. The van der Waals surface area contributed by atoms with Crippen LogP contribution in [-0.4, -0.2) is 47.2 Å². The molecular formula is C15H28N2O2. The van der Waals surface area contributed by atoms with Crippen LogP contribution >= 0.6 is 0 Å². The lowest BCUT2D eigenvalue weighted by atomic mass is 9.97. The van der Waals surface area contributed by atoms with Crippen molar-refractivity contribution in [3.05, 3.63) is 0 Å². The molecule has 0 amide bonds. The molecule has 4 heteroatoms. The summed E-state index contributed by atoms with van der Waals surface area (Å²) in [5, 5.41) is 12.6. The van der Waals surface area contributed by atoms with E-state index in [1.54, 1.807) is 0 Å². The second kappa shape index (κ2) is 6.23. The molecule has 19 heavy (non-hydrogen) atoms. The predicted molar refractivity (Wildman–Crippen MR) is 76.3 cm³/mol. The molecule has 0 saturated heterocycles. The number of aliphatic carboxylic acids is 1. The highest BCUT2D eigenvalue weighted by molar-refractivity contribution is 5.78. The normalized spacial score (nSPS) is 22.5. The summed E-state index contributed by atoms with van der Waals surface area (Å²) >= 11 is 0. The maximum absolute atomic E-state index is 11.5. The molecule has 0 radical (unpaired) electrons. The fraction of sp³-hybridized carbons (Fsp3) is 0.933. The zero-order valence-corrected chi connectivity index (χ0v) is 12.3. The van der Waals surface area contributed by atoms with E-state index >= 15 is 0 Å². The van der Waals surface area contributed by atoms with Crippen LogP contribution in [0, 0.1) is 5.92 Å². The Morgan fingerprint density at radius 1 is 1.37 bits per heavy atom. The van der Waals surface area contributed by atoms with Gasteiger partial charge in [0.1, 0.15) is 5.54 Å². The maximum Gasteiger partial charge on any atom is 0.323 e. The molecule has 2 aliphatic carbocycles. The van der Waals surface area contributed by atoms with Crippen LogP contribution in [0.2, 0.25) is 0 Å². The van der Waals surface area contributed by atoms with Gasteiger partial charge in [0.15, 0.2) is 0 Å². The van der Waals surface area contributed by atoms with Gasteiger partial charge in [-0.05, 0) is 57.9 Å². The van der Waals surface area contributed by atoms with Gasteiger partial charge in [-0.2, -0.15) is 0 Å². The van der Waals surface area contributed by atoms with Gasteiger partial charge in [-0.15, -0.1) is 0 Å². The van der Waals surface area contributed by atoms with Crippen LogP contribution in [0.3, 0.4) is 0 Å². The minimum Gasteiger partial charge on any atom is -0.480 e. The lowest BCUT2D eigenvalue weighted by molar-refractivity contribution is -0.144. The molecule has 0 spiro atoms. The Bertz CT molecular complexity index is 313. The Hall–Kier alpha value is -0.610. The number of nitrogens with zero attached hydrogens (tertiary/aromatic N) is 1. The summed E-state index contributed by atoms with van der Waals surface area (Å²) in [5.74, 6) is 0.170. The molecular weight excluding hydrogens is 240 g/mol. The number of nitrogens with one attached hydrogen (secondary N) is 1. The van der Waals surface area contributed by atoms with E-state index in [-0.39, 0.29) is 0 Å². The summed E-state index contributed by atoms with van der Waals surface area (Å²) in [4.78, 5) is 14.0. The van der Waals surface area contributed by atoms with E-state index in [2.05, 4.69) is 17.1 Å². The number of hydrogen-bond acceptors (Lipinski definition) is 3. The van der Waals surface area contributed by atoms with Gasteiger partial charge >= 0.3 is 5.97 Å². The highest BCUT2D eigenvalue weighted by atomic mass is 16.4. The van der Waals surface area contributed by atoms with Gasteiger partial charge in [0, 0.05) is 19.1 Å². The van der Waals surface area contributed by atoms with Crippen molar-refractivity contribution in [1.82, 2.24) is 10.2 Å². The van der Waals surface area contributed by atoms with Crippen LogP contribution in [0.1, 0.15) is 52.4 Å². The lowest BCUT2D eigenvalue weighted by Crippen LogP contribution is -2.51. The Kier molecular flexibility index (Phi) is 4.85. The number of rotatable bonds is 10. The summed E-state index contributed by atoms with van der Waals surface area (Å²) < 4.78 is 0. The smallest absolute Gasteiger partial charge is 0.323 e. The van der Waals surface area contributed by atoms with Crippen molar-refractivity contribution in [2.24, 2.45) is 5.92 Å². The van der Waals surface area contributed by atoms with Crippen molar-refractivity contribution in [3.63, 3.8) is 0 Å². The van der Waals surface area contributed by atoms with Crippen molar-refractivity contribution in [2.45, 2.75) is 64.0 Å². The molecule has 2 rings (SSSR count). The zero-order chi connectivity index (χ0) is 13.9. The van der Waals surface area contributed by atoms with Crippen LogP contribution in [0.5, 0.6) is 0 Å². The molecule has 110 valence electrons. The van der Waals surface area contributed by atoms with Crippen molar-refractivity contribution in [2.75, 3.05) is 19.6 Å². The average Bonchev–Trinajstić information content (AvgIpc) is 3.24. The third-order valence-electron chi connectivity index (χ3n) is 4.39. The monoisotopic (exact) mass is 268 g/mol.